The first-order valence-electron chi connectivity index (χ1n) is 4.49. The van der Waals surface area contributed by atoms with Gasteiger partial charge >= 0.3 is 0 Å². The largest absolute Gasteiger partial charge is 0.161 e. The van der Waals surface area contributed by atoms with Crippen LogP contribution < -0.4 is 0 Å². The maximum Gasteiger partial charge on any atom is -0.00187 e. The molecule has 0 spiro atoms. The third-order valence-electron chi connectivity index (χ3n) is 1.37. The SMILES string of the molecule is CC(C)CCSCC(C)(C)C. The van der Waals surface area contributed by atoms with Gasteiger partial charge in [0.25, 0.3) is 0 Å². The normalized spacial score (nSPS) is 12.5. The molecule has 0 heterocycles. The lowest BCUT2D eigenvalue weighted by Gasteiger charge is -2.17. The second-order valence-corrected chi connectivity index (χ2v) is 5.90. The molecule has 0 amide bonds. The fraction of sp³-hybridized carbons (Fsp3) is 1.00. The highest BCUT2D eigenvalue weighted by atomic mass is 32.2. The van der Waals surface area contributed by atoms with Crippen LogP contribution >= 0.6 is 11.8 Å². The Hall–Kier alpha value is 0.350. The van der Waals surface area contributed by atoms with Gasteiger partial charge in [0, 0.05) is 0 Å². The van der Waals surface area contributed by atoms with Crippen LogP contribution in [0.5, 0.6) is 0 Å². The molecule has 0 saturated heterocycles. The molecule has 11 heavy (non-hydrogen) atoms. The first-order chi connectivity index (χ1) is 4.92. The summed E-state index contributed by atoms with van der Waals surface area (Å²) in [6.07, 6.45) is 1.36. The third kappa shape index (κ3) is 10.4. The molecule has 68 valence electrons. The molecule has 0 aromatic heterocycles. The zero-order valence-corrected chi connectivity index (χ0v) is 9.42. The minimum absolute atomic E-state index is 0.502. The second-order valence-electron chi connectivity index (χ2n) is 4.80. The summed E-state index contributed by atoms with van der Waals surface area (Å²) in [7, 11) is 0. The van der Waals surface area contributed by atoms with E-state index in [0.717, 1.165) is 5.92 Å². The Morgan fingerprint density at radius 1 is 1.18 bits per heavy atom. The highest BCUT2D eigenvalue weighted by Gasteiger charge is 2.09. The first-order valence-corrected chi connectivity index (χ1v) is 5.65. The maximum atomic E-state index is 2.30. The Kier molecular flexibility index (Phi) is 5.24. The highest BCUT2D eigenvalue weighted by molar-refractivity contribution is 7.99. The Labute approximate surface area is 76.1 Å². The van der Waals surface area contributed by atoms with Gasteiger partial charge in [0.05, 0.1) is 0 Å². The Balaban J connectivity index is 3.15. The molecule has 0 rings (SSSR count). The minimum atomic E-state index is 0.502. The van der Waals surface area contributed by atoms with Gasteiger partial charge in [0.2, 0.25) is 0 Å². The molecular weight excluding hydrogens is 152 g/mol. The summed E-state index contributed by atoms with van der Waals surface area (Å²) in [5.74, 6) is 3.48. The third-order valence-corrected chi connectivity index (χ3v) is 2.97. The van der Waals surface area contributed by atoms with Gasteiger partial charge in [-0.25, -0.2) is 0 Å². The number of thioether (sulfide) groups is 1. The average molecular weight is 174 g/mol. The number of rotatable bonds is 4. The summed E-state index contributed by atoms with van der Waals surface area (Å²) in [4.78, 5) is 0. The van der Waals surface area contributed by atoms with Crippen LogP contribution in [0.15, 0.2) is 0 Å². The van der Waals surface area contributed by atoms with Gasteiger partial charge in [-0.2, -0.15) is 11.8 Å². The van der Waals surface area contributed by atoms with E-state index in [1.807, 2.05) is 0 Å². The van der Waals surface area contributed by atoms with Crippen molar-refractivity contribution in [3.05, 3.63) is 0 Å². The van der Waals surface area contributed by atoms with Crippen molar-refractivity contribution in [1.29, 1.82) is 0 Å². The van der Waals surface area contributed by atoms with E-state index in [2.05, 4.69) is 46.4 Å². The predicted molar refractivity (Wildman–Crippen MR) is 56.2 cm³/mol. The standard InChI is InChI=1S/C10H22S/c1-9(2)6-7-11-8-10(3,4)5/h9H,6-8H2,1-5H3. The summed E-state index contributed by atoms with van der Waals surface area (Å²) in [5.41, 5.74) is 0.502. The summed E-state index contributed by atoms with van der Waals surface area (Å²) in [6, 6.07) is 0. The molecule has 0 aliphatic carbocycles. The smallest absolute Gasteiger partial charge is 0.00187 e. The average Bonchev–Trinajstić information content (AvgIpc) is 1.78. The van der Waals surface area contributed by atoms with E-state index in [4.69, 9.17) is 0 Å². The molecule has 0 atom stereocenters. The van der Waals surface area contributed by atoms with Crippen LogP contribution in [0.25, 0.3) is 0 Å². The molecule has 0 saturated carbocycles. The van der Waals surface area contributed by atoms with Crippen molar-refractivity contribution in [2.45, 2.75) is 41.0 Å². The fourth-order valence-corrected chi connectivity index (χ4v) is 2.09. The molecule has 0 bridgehead atoms. The van der Waals surface area contributed by atoms with Crippen molar-refractivity contribution in [3.63, 3.8) is 0 Å². The van der Waals surface area contributed by atoms with Crippen molar-refractivity contribution in [2.24, 2.45) is 11.3 Å². The van der Waals surface area contributed by atoms with Gasteiger partial charge in [-0.15, -0.1) is 0 Å². The van der Waals surface area contributed by atoms with Gasteiger partial charge in [-0.3, -0.25) is 0 Å². The van der Waals surface area contributed by atoms with Crippen molar-refractivity contribution in [2.75, 3.05) is 11.5 Å². The van der Waals surface area contributed by atoms with Gasteiger partial charge in [-0.05, 0) is 29.3 Å². The van der Waals surface area contributed by atoms with Crippen LogP contribution in [-0.4, -0.2) is 11.5 Å². The van der Waals surface area contributed by atoms with Crippen LogP contribution in [0.3, 0.4) is 0 Å². The maximum absolute atomic E-state index is 2.30. The quantitative estimate of drug-likeness (QED) is 0.584. The van der Waals surface area contributed by atoms with E-state index in [1.54, 1.807) is 0 Å². The monoisotopic (exact) mass is 174 g/mol. The summed E-state index contributed by atoms with van der Waals surface area (Å²) in [6.45, 7) is 11.5. The zero-order chi connectivity index (χ0) is 8.91. The molecular formula is C10H22S. The number of hydrogen-bond acceptors (Lipinski definition) is 1. The molecule has 0 N–H and O–H groups in total. The van der Waals surface area contributed by atoms with Gasteiger partial charge in [0.1, 0.15) is 0 Å². The van der Waals surface area contributed by atoms with Crippen LogP contribution in [0.1, 0.15) is 41.0 Å². The second kappa shape index (κ2) is 5.08. The van der Waals surface area contributed by atoms with Crippen molar-refractivity contribution in [3.8, 4) is 0 Å². The van der Waals surface area contributed by atoms with Crippen LogP contribution in [0, 0.1) is 11.3 Å². The van der Waals surface area contributed by atoms with E-state index in [1.165, 1.54) is 17.9 Å². The Morgan fingerprint density at radius 3 is 2.09 bits per heavy atom. The minimum Gasteiger partial charge on any atom is -0.161 e. The van der Waals surface area contributed by atoms with E-state index in [0.29, 0.717) is 5.41 Å². The van der Waals surface area contributed by atoms with Crippen LogP contribution in [0.4, 0.5) is 0 Å². The molecule has 0 radical (unpaired) electrons. The lowest BCUT2D eigenvalue weighted by molar-refractivity contribution is 0.480. The van der Waals surface area contributed by atoms with Gasteiger partial charge in [0.15, 0.2) is 0 Å². The van der Waals surface area contributed by atoms with Gasteiger partial charge < -0.3 is 0 Å². The first kappa shape index (κ1) is 11.4. The summed E-state index contributed by atoms with van der Waals surface area (Å²) < 4.78 is 0. The summed E-state index contributed by atoms with van der Waals surface area (Å²) in [5, 5.41) is 0. The number of hydrogen-bond donors (Lipinski definition) is 0. The Morgan fingerprint density at radius 2 is 1.73 bits per heavy atom. The fourth-order valence-electron chi connectivity index (χ4n) is 0.697. The molecule has 0 aromatic rings. The lowest BCUT2D eigenvalue weighted by atomic mass is 10.0. The predicted octanol–water partition coefficient (Wildman–Crippen LogP) is 3.81. The Bertz CT molecular complexity index is 89.5. The molecule has 0 nitrogen and oxygen atoms in total. The molecule has 0 aliphatic heterocycles. The van der Waals surface area contributed by atoms with Crippen LogP contribution in [-0.2, 0) is 0 Å². The lowest BCUT2D eigenvalue weighted by Crippen LogP contribution is -2.08. The van der Waals surface area contributed by atoms with Crippen molar-refractivity contribution in [1.82, 2.24) is 0 Å². The van der Waals surface area contributed by atoms with E-state index in [-0.39, 0.29) is 0 Å². The molecule has 0 fully saturated rings. The molecule has 0 aliphatic rings. The van der Waals surface area contributed by atoms with Crippen molar-refractivity contribution < 1.29 is 0 Å². The van der Waals surface area contributed by atoms with E-state index >= 15 is 0 Å². The van der Waals surface area contributed by atoms with Crippen molar-refractivity contribution >= 4 is 11.8 Å². The van der Waals surface area contributed by atoms with Gasteiger partial charge in [-0.1, -0.05) is 34.6 Å². The molecule has 0 unspecified atom stereocenters. The highest BCUT2D eigenvalue weighted by Crippen LogP contribution is 2.21. The molecule has 1 heteroatoms. The van der Waals surface area contributed by atoms with Crippen LogP contribution in [0.2, 0.25) is 0 Å². The summed E-state index contributed by atoms with van der Waals surface area (Å²) >= 11 is 2.09. The molecule has 0 aromatic carbocycles. The zero-order valence-electron chi connectivity index (χ0n) is 8.61. The van der Waals surface area contributed by atoms with E-state index < -0.39 is 0 Å². The van der Waals surface area contributed by atoms with E-state index in [9.17, 15) is 0 Å². The topological polar surface area (TPSA) is 0 Å².